The van der Waals surface area contributed by atoms with E-state index in [1.165, 1.54) is 0 Å². The highest BCUT2D eigenvalue weighted by atomic mass is 16.3. The van der Waals surface area contributed by atoms with Gasteiger partial charge in [0, 0.05) is 30.2 Å². The number of aromatic nitrogens is 1. The number of rotatable bonds is 2. The molecule has 2 N–H and O–H groups in total. The summed E-state index contributed by atoms with van der Waals surface area (Å²) in [5, 5.41) is 10.7. The van der Waals surface area contributed by atoms with Gasteiger partial charge in [-0.25, -0.2) is 0 Å². The number of hydrogen-bond donors (Lipinski definition) is 2. The third-order valence-electron chi connectivity index (χ3n) is 3.77. The molecule has 0 radical (unpaired) electrons. The minimum absolute atomic E-state index is 0.100. The fraction of sp³-hybridized carbons (Fsp3) is 0.400. The predicted molar refractivity (Wildman–Crippen MR) is 73.8 cm³/mol. The second-order valence-corrected chi connectivity index (χ2v) is 5.17. The van der Waals surface area contributed by atoms with Crippen LogP contribution in [0.25, 0.3) is 10.9 Å². The normalized spacial score (nSPS) is 19.8. The second-order valence-electron chi connectivity index (χ2n) is 5.17. The lowest BCUT2D eigenvalue weighted by Crippen LogP contribution is -2.42. The van der Waals surface area contributed by atoms with Gasteiger partial charge in [-0.1, -0.05) is 18.2 Å². The van der Waals surface area contributed by atoms with Gasteiger partial charge in [0.05, 0.1) is 12.5 Å². The van der Waals surface area contributed by atoms with Gasteiger partial charge in [0.2, 0.25) is 5.91 Å². The molecular formula is C15H18N2O2. The van der Waals surface area contributed by atoms with Gasteiger partial charge in [-0.05, 0) is 24.5 Å². The third kappa shape index (κ3) is 2.49. The van der Waals surface area contributed by atoms with Crippen LogP contribution in [0.5, 0.6) is 0 Å². The number of aliphatic hydroxyl groups excluding tert-OH is 1. The Hall–Kier alpha value is -1.81. The Bertz CT molecular complexity index is 591. The average Bonchev–Trinajstić information content (AvgIpc) is 2.82. The number of hydrogen-bond acceptors (Lipinski definition) is 2. The molecule has 0 saturated carbocycles. The Kier molecular flexibility index (Phi) is 3.25. The molecule has 1 aliphatic heterocycles. The van der Waals surface area contributed by atoms with Crippen molar-refractivity contribution in [2.24, 2.45) is 0 Å². The number of carbonyl (C=O) groups is 1. The van der Waals surface area contributed by atoms with Crippen molar-refractivity contribution in [3.8, 4) is 0 Å². The number of β-amino-alcohol motifs (C(OH)–C–C–N with tert-alkyl or cyclic N) is 1. The molecule has 1 amide bonds. The highest BCUT2D eigenvalue weighted by Gasteiger charge is 2.22. The zero-order valence-corrected chi connectivity index (χ0v) is 10.8. The number of likely N-dealkylation sites (tertiary alicyclic amines) is 1. The molecule has 1 aliphatic rings. The summed E-state index contributed by atoms with van der Waals surface area (Å²) in [5.41, 5.74) is 2.09. The predicted octanol–water partition coefficient (Wildman–Crippen LogP) is 1.69. The number of aromatic amines is 1. The summed E-state index contributed by atoms with van der Waals surface area (Å²) >= 11 is 0. The number of para-hydroxylation sites is 1. The first-order valence-corrected chi connectivity index (χ1v) is 6.75. The quantitative estimate of drug-likeness (QED) is 0.861. The van der Waals surface area contributed by atoms with Gasteiger partial charge in [-0.15, -0.1) is 0 Å². The lowest BCUT2D eigenvalue weighted by atomic mass is 10.1. The number of amides is 1. The van der Waals surface area contributed by atoms with Crippen LogP contribution in [0.4, 0.5) is 0 Å². The summed E-state index contributed by atoms with van der Waals surface area (Å²) in [4.78, 5) is 17.2. The summed E-state index contributed by atoms with van der Waals surface area (Å²) in [6.45, 7) is 1.24. The van der Waals surface area contributed by atoms with E-state index in [1.54, 1.807) is 4.90 Å². The summed E-state index contributed by atoms with van der Waals surface area (Å²) in [7, 11) is 0. The highest BCUT2D eigenvalue weighted by molar-refractivity contribution is 5.88. The lowest BCUT2D eigenvalue weighted by molar-refractivity contribution is -0.133. The van der Waals surface area contributed by atoms with E-state index in [1.807, 2.05) is 30.5 Å². The summed E-state index contributed by atoms with van der Waals surface area (Å²) < 4.78 is 0. The zero-order chi connectivity index (χ0) is 13.2. The molecule has 2 heterocycles. The number of nitrogens with zero attached hydrogens (tertiary/aromatic N) is 1. The van der Waals surface area contributed by atoms with Gasteiger partial charge in [-0.3, -0.25) is 4.79 Å². The van der Waals surface area contributed by atoms with Crippen LogP contribution in [0.1, 0.15) is 18.4 Å². The maximum absolute atomic E-state index is 12.3. The highest BCUT2D eigenvalue weighted by Crippen LogP contribution is 2.19. The van der Waals surface area contributed by atoms with E-state index in [9.17, 15) is 9.90 Å². The molecule has 0 spiro atoms. The van der Waals surface area contributed by atoms with Crippen molar-refractivity contribution in [1.82, 2.24) is 9.88 Å². The zero-order valence-electron chi connectivity index (χ0n) is 10.8. The fourth-order valence-corrected chi connectivity index (χ4v) is 2.73. The molecule has 0 aliphatic carbocycles. The monoisotopic (exact) mass is 258 g/mol. The van der Waals surface area contributed by atoms with Crippen LogP contribution >= 0.6 is 0 Å². The van der Waals surface area contributed by atoms with E-state index >= 15 is 0 Å². The summed E-state index contributed by atoms with van der Waals surface area (Å²) in [5.74, 6) is 0.100. The molecule has 19 heavy (non-hydrogen) atoms. The van der Waals surface area contributed by atoms with Crippen molar-refractivity contribution in [3.05, 3.63) is 36.0 Å². The molecule has 4 heteroatoms. The van der Waals surface area contributed by atoms with E-state index in [0.29, 0.717) is 13.0 Å². The maximum Gasteiger partial charge on any atom is 0.227 e. The molecule has 1 saturated heterocycles. The number of H-pyrrole nitrogens is 1. The molecule has 1 fully saturated rings. The smallest absolute Gasteiger partial charge is 0.227 e. The first kappa shape index (κ1) is 12.2. The van der Waals surface area contributed by atoms with Gasteiger partial charge in [-0.2, -0.15) is 0 Å². The SMILES string of the molecule is O=C(Cc1c[nH]c2ccccc12)N1CCC[C@H](O)C1. The molecule has 100 valence electrons. The number of piperidine rings is 1. The van der Waals surface area contributed by atoms with Crippen molar-refractivity contribution in [2.75, 3.05) is 13.1 Å². The molecule has 1 aromatic heterocycles. The largest absolute Gasteiger partial charge is 0.391 e. The van der Waals surface area contributed by atoms with Crippen LogP contribution in [-0.4, -0.2) is 40.1 Å². The van der Waals surface area contributed by atoms with Gasteiger partial charge < -0.3 is 15.0 Å². The molecule has 1 aromatic carbocycles. The maximum atomic E-state index is 12.3. The van der Waals surface area contributed by atoms with Crippen LogP contribution in [0, 0.1) is 0 Å². The van der Waals surface area contributed by atoms with Gasteiger partial charge in [0.15, 0.2) is 0 Å². The Labute approximate surface area is 112 Å². The van der Waals surface area contributed by atoms with Crippen LogP contribution < -0.4 is 0 Å². The Morgan fingerprint density at radius 3 is 3.11 bits per heavy atom. The molecule has 1 atom stereocenters. The first-order chi connectivity index (χ1) is 9.24. The topological polar surface area (TPSA) is 56.3 Å². The van der Waals surface area contributed by atoms with Crippen LogP contribution in [0.2, 0.25) is 0 Å². The van der Waals surface area contributed by atoms with Gasteiger partial charge in [0.25, 0.3) is 0 Å². The molecule has 0 unspecified atom stereocenters. The van der Waals surface area contributed by atoms with Crippen LogP contribution in [-0.2, 0) is 11.2 Å². The molecule has 4 nitrogen and oxygen atoms in total. The third-order valence-corrected chi connectivity index (χ3v) is 3.77. The Balaban J connectivity index is 1.75. The van der Waals surface area contributed by atoms with Crippen molar-refractivity contribution >= 4 is 16.8 Å². The van der Waals surface area contributed by atoms with Crippen molar-refractivity contribution in [1.29, 1.82) is 0 Å². The number of carbonyl (C=O) groups excluding carboxylic acids is 1. The summed E-state index contributed by atoms with van der Waals surface area (Å²) in [6, 6.07) is 7.99. The number of benzene rings is 1. The number of fused-ring (bicyclic) bond motifs is 1. The van der Waals surface area contributed by atoms with Crippen molar-refractivity contribution in [3.63, 3.8) is 0 Å². The number of nitrogens with one attached hydrogen (secondary N) is 1. The van der Waals surface area contributed by atoms with Crippen molar-refractivity contribution < 1.29 is 9.90 Å². The second kappa shape index (κ2) is 5.05. The van der Waals surface area contributed by atoms with Crippen molar-refractivity contribution in [2.45, 2.75) is 25.4 Å². The minimum atomic E-state index is -0.360. The summed E-state index contributed by atoms with van der Waals surface area (Å²) in [6.07, 6.45) is 3.64. The molecule has 3 rings (SSSR count). The average molecular weight is 258 g/mol. The molecule has 2 aromatic rings. The van der Waals surface area contributed by atoms with E-state index in [0.717, 1.165) is 35.9 Å². The first-order valence-electron chi connectivity index (χ1n) is 6.75. The Morgan fingerprint density at radius 1 is 1.42 bits per heavy atom. The minimum Gasteiger partial charge on any atom is -0.391 e. The molecular weight excluding hydrogens is 240 g/mol. The standard InChI is InChI=1S/C15H18N2O2/c18-12-4-3-7-17(10-12)15(19)8-11-9-16-14-6-2-1-5-13(11)14/h1-2,5-6,9,12,16,18H,3-4,7-8,10H2/t12-/m0/s1. The number of aliphatic hydroxyl groups is 1. The van der Waals surface area contributed by atoms with E-state index in [-0.39, 0.29) is 12.0 Å². The fourth-order valence-electron chi connectivity index (χ4n) is 2.73. The Morgan fingerprint density at radius 2 is 2.26 bits per heavy atom. The van der Waals surface area contributed by atoms with E-state index in [4.69, 9.17) is 0 Å². The molecule has 0 bridgehead atoms. The van der Waals surface area contributed by atoms with Gasteiger partial charge in [0.1, 0.15) is 0 Å². The van der Waals surface area contributed by atoms with Crippen LogP contribution in [0.15, 0.2) is 30.5 Å². The van der Waals surface area contributed by atoms with Crippen LogP contribution in [0.3, 0.4) is 0 Å². The van der Waals surface area contributed by atoms with Gasteiger partial charge >= 0.3 is 0 Å². The lowest BCUT2D eigenvalue weighted by Gasteiger charge is -2.30. The van der Waals surface area contributed by atoms with E-state index in [2.05, 4.69) is 4.98 Å². The van der Waals surface area contributed by atoms with E-state index < -0.39 is 0 Å².